The van der Waals surface area contributed by atoms with E-state index in [2.05, 4.69) is 4.98 Å². The third kappa shape index (κ3) is 3.33. The molecule has 6 heteroatoms. The van der Waals surface area contributed by atoms with Crippen molar-refractivity contribution in [3.8, 4) is 0 Å². The van der Waals surface area contributed by atoms with Gasteiger partial charge >= 0.3 is 0 Å². The Morgan fingerprint density at radius 2 is 2.14 bits per heavy atom. The second-order valence-electron chi connectivity index (χ2n) is 7.87. The van der Waals surface area contributed by atoms with E-state index in [4.69, 9.17) is 0 Å². The van der Waals surface area contributed by atoms with Crippen LogP contribution in [0, 0.1) is 17.2 Å². The Hall–Kier alpha value is -2.60. The van der Waals surface area contributed by atoms with E-state index in [1.807, 2.05) is 0 Å². The summed E-state index contributed by atoms with van der Waals surface area (Å²) in [6, 6.07) is 11.1. The number of anilines is 1. The van der Waals surface area contributed by atoms with Gasteiger partial charge in [-0.25, -0.2) is 4.39 Å². The average Bonchev–Trinajstić information content (AvgIpc) is 2.93. The molecule has 5 nitrogen and oxygen atoms in total. The fourth-order valence-electron chi connectivity index (χ4n) is 4.70. The molecule has 1 aliphatic carbocycles. The van der Waals surface area contributed by atoms with E-state index in [1.54, 1.807) is 36.5 Å². The van der Waals surface area contributed by atoms with Crippen molar-refractivity contribution < 1.29 is 19.1 Å². The van der Waals surface area contributed by atoms with Crippen LogP contribution in [0.1, 0.15) is 42.6 Å². The summed E-state index contributed by atoms with van der Waals surface area (Å²) in [5.41, 5.74) is 0.00835. The van der Waals surface area contributed by atoms with Crippen LogP contribution in [0.5, 0.6) is 0 Å². The predicted molar refractivity (Wildman–Crippen MR) is 102 cm³/mol. The molecule has 2 aliphatic rings. The number of aliphatic hydroxyl groups excluding tert-OH is 1. The molecule has 2 fully saturated rings. The minimum atomic E-state index is -0.889. The highest BCUT2D eigenvalue weighted by Gasteiger charge is 2.55. The van der Waals surface area contributed by atoms with E-state index < -0.39 is 17.3 Å². The number of benzene rings is 1. The summed E-state index contributed by atoms with van der Waals surface area (Å²) < 4.78 is 13.6. The van der Waals surface area contributed by atoms with Crippen LogP contribution in [0.3, 0.4) is 0 Å². The van der Waals surface area contributed by atoms with Crippen molar-refractivity contribution in [1.29, 1.82) is 0 Å². The topological polar surface area (TPSA) is 70.5 Å². The Balaban J connectivity index is 1.52. The number of pyridine rings is 1. The fraction of sp³-hybridized carbons (Fsp3) is 0.409. The molecule has 2 aromatic rings. The van der Waals surface area contributed by atoms with Gasteiger partial charge in [-0.3, -0.25) is 14.6 Å². The van der Waals surface area contributed by atoms with Gasteiger partial charge in [0.05, 0.1) is 18.1 Å². The van der Waals surface area contributed by atoms with Crippen molar-refractivity contribution >= 4 is 17.4 Å². The summed E-state index contributed by atoms with van der Waals surface area (Å²) in [6.45, 7) is 0.156. The Labute approximate surface area is 163 Å². The Morgan fingerprint density at radius 1 is 1.29 bits per heavy atom. The molecule has 28 heavy (non-hydrogen) atoms. The highest BCUT2D eigenvalue weighted by Crippen LogP contribution is 2.49. The molecule has 1 aliphatic heterocycles. The lowest BCUT2D eigenvalue weighted by molar-refractivity contribution is -0.132. The van der Waals surface area contributed by atoms with Gasteiger partial charge in [0.25, 0.3) is 0 Å². The van der Waals surface area contributed by atoms with Crippen LogP contribution < -0.4 is 4.90 Å². The number of carbonyl (C=O) groups is 2. The number of carbonyl (C=O) groups excluding carboxylic acids is 2. The van der Waals surface area contributed by atoms with Crippen molar-refractivity contribution in [2.24, 2.45) is 11.3 Å². The number of hydrogen-bond donors (Lipinski definition) is 1. The van der Waals surface area contributed by atoms with Crippen molar-refractivity contribution in [2.45, 2.75) is 38.2 Å². The maximum Gasteiger partial charge on any atom is 0.235 e. The number of nitrogens with zero attached hydrogens (tertiary/aromatic N) is 2. The second-order valence-corrected chi connectivity index (χ2v) is 7.87. The number of rotatable bonds is 4. The zero-order valence-electron chi connectivity index (χ0n) is 15.6. The SMILES string of the molecule is O=C(CC1CCCC2(C1)C(=O)N(c1cccc(F)c1)CC2O)c1ccccn1. The van der Waals surface area contributed by atoms with Gasteiger partial charge in [0.15, 0.2) is 5.78 Å². The summed E-state index contributed by atoms with van der Waals surface area (Å²) in [4.78, 5) is 31.4. The summed E-state index contributed by atoms with van der Waals surface area (Å²) in [6.07, 6.45) is 3.77. The fourth-order valence-corrected chi connectivity index (χ4v) is 4.70. The van der Waals surface area contributed by atoms with Crippen LogP contribution >= 0.6 is 0 Å². The smallest absolute Gasteiger partial charge is 0.235 e. The van der Waals surface area contributed by atoms with E-state index in [1.165, 1.54) is 17.0 Å². The van der Waals surface area contributed by atoms with Crippen LogP contribution in [-0.4, -0.2) is 34.4 Å². The van der Waals surface area contributed by atoms with Crippen LogP contribution in [0.4, 0.5) is 10.1 Å². The van der Waals surface area contributed by atoms with Gasteiger partial charge in [0.1, 0.15) is 11.5 Å². The molecule has 4 rings (SSSR count). The first kappa shape index (κ1) is 18.7. The summed E-state index contributed by atoms with van der Waals surface area (Å²) in [5, 5.41) is 10.8. The molecule has 0 radical (unpaired) electrons. The van der Waals surface area contributed by atoms with Gasteiger partial charge in [-0.15, -0.1) is 0 Å². The highest BCUT2D eigenvalue weighted by atomic mass is 19.1. The molecule has 1 saturated carbocycles. The van der Waals surface area contributed by atoms with Gasteiger partial charge in [-0.2, -0.15) is 0 Å². The van der Waals surface area contributed by atoms with Gasteiger partial charge in [-0.05, 0) is 55.5 Å². The third-order valence-corrected chi connectivity index (χ3v) is 6.10. The average molecular weight is 382 g/mol. The normalized spacial score (nSPS) is 27.4. The first-order chi connectivity index (χ1) is 13.5. The number of amides is 1. The minimum Gasteiger partial charge on any atom is -0.390 e. The Morgan fingerprint density at radius 3 is 2.89 bits per heavy atom. The molecule has 1 saturated heterocycles. The predicted octanol–water partition coefficient (Wildman–Crippen LogP) is 3.38. The van der Waals surface area contributed by atoms with E-state index >= 15 is 0 Å². The van der Waals surface area contributed by atoms with Gasteiger partial charge in [0.2, 0.25) is 5.91 Å². The molecule has 2 heterocycles. The maximum absolute atomic E-state index is 13.6. The summed E-state index contributed by atoms with van der Waals surface area (Å²) >= 11 is 0. The lowest BCUT2D eigenvalue weighted by Gasteiger charge is -2.38. The van der Waals surface area contributed by atoms with Crippen molar-refractivity contribution in [1.82, 2.24) is 4.98 Å². The zero-order chi connectivity index (χ0) is 19.7. The van der Waals surface area contributed by atoms with Crippen molar-refractivity contribution in [3.05, 3.63) is 60.2 Å². The number of ketones is 1. The standard InChI is InChI=1S/C22H23FN2O3/c23-16-6-3-7-17(12-16)25-14-20(27)22(21(25)28)9-4-5-15(13-22)11-19(26)18-8-1-2-10-24-18/h1-3,6-8,10,12,15,20,27H,4-5,9,11,13-14H2. The lowest BCUT2D eigenvalue weighted by Crippen LogP contribution is -2.43. The Kier molecular flexibility index (Phi) is 4.98. The van der Waals surface area contributed by atoms with Crippen LogP contribution in [0.15, 0.2) is 48.7 Å². The molecule has 3 atom stereocenters. The van der Waals surface area contributed by atoms with Crippen molar-refractivity contribution in [3.63, 3.8) is 0 Å². The molecule has 1 aromatic heterocycles. The van der Waals surface area contributed by atoms with Crippen LogP contribution in [0.25, 0.3) is 0 Å². The summed E-state index contributed by atoms with van der Waals surface area (Å²) in [7, 11) is 0. The van der Waals surface area contributed by atoms with E-state index in [0.29, 0.717) is 30.6 Å². The molecule has 146 valence electrons. The quantitative estimate of drug-likeness (QED) is 0.823. The van der Waals surface area contributed by atoms with Crippen LogP contribution in [0.2, 0.25) is 0 Å². The lowest BCUT2D eigenvalue weighted by atomic mass is 9.66. The molecular formula is C22H23FN2O3. The number of aliphatic hydroxyl groups is 1. The second kappa shape index (κ2) is 7.43. The minimum absolute atomic E-state index is 0.0225. The van der Waals surface area contributed by atoms with Gasteiger partial charge in [-0.1, -0.05) is 18.6 Å². The monoisotopic (exact) mass is 382 g/mol. The number of halogens is 1. The molecule has 1 spiro atoms. The molecule has 0 bridgehead atoms. The van der Waals surface area contributed by atoms with E-state index in [0.717, 1.165) is 12.8 Å². The number of hydrogen-bond acceptors (Lipinski definition) is 4. The zero-order valence-corrected chi connectivity index (χ0v) is 15.6. The first-order valence-corrected chi connectivity index (χ1v) is 9.69. The number of Topliss-reactive ketones (excluding diaryl/α,β-unsaturated/α-hetero) is 1. The molecule has 1 amide bonds. The van der Waals surface area contributed by atoms with Gasteiger partial charge < -0.3 is 10.0 Å². The van der Waals surface area contributed by atoms with Crippen molar-refractivity contribution in [2.75, 3.05) is 11.4 Å². The molecule has 1 N–H and O–H groups in total. The highest BCUT2D eigenvalue weighted by molar-refractivity contribution is 6.01. The summed E-state index contributed by atoms with van der Waals surface area (Å²) in [5.74, 6) is -0.595. The third-order valence-electron chi connectivity index (χ3n) is 6.10. The molecule has 3 unspecified atom stereocenters. The van der Waals surface area contributed by atoms with E-state index in [-0.39, 0.29) is 24.2 Å². The van der Waals surface area contributed by atoms with Crippen LogP contribution in [-0.2, 0) is 4.79 Å². The van der Waals surface area contributed by atoms with Gasteiger partial charge in [0, 0.05) is 18.3 Å². The number of aromatic nitrogens is 1. The maximum atomic E-state index is 13.6. The number of β-amino-alcohol motifs (C(OH)–C–C–N with tert-alkyl or cyclic N) is 1. The molecule has 1 aromatic carbocycles. The Bertz CT molecular complexity index is 888. The largest absolute Gasteiger partial charge is 0.390 e. The molecular weight excluding hydrogens is 359 g/mol. The van der Waals surface area contributed by atoms with E-state index in [9.17, 15) is 19.1 Å². The first-order valence-electron chi connectivity index (χ1n) is 9.69.